The van der Waals surface area contributed by atoms with E-state index in [1.54, 1.807) is 13.0 Å². The molecule has 0 unspecified atom stereocenters. The number of phenolic OH excluding ortho intramolecular Hbond substituents is 1. The molecule has 2 aromatic rings. The summed E-state index contributed by atoms with van der Waals surface area (Å²) in [5.41, 5.74) is 0.816. The Kier molecular flexibility index (Phi) is 3.85. The van der Waals surface area contributed by atoms with E-state index < -0.39 is 22.5 Å². The molecule has 0 spiro atoms. The van der Waals surface area contributed by atoms with Gasteiger partial charge in [0.25, 0.3) is 10.0 Å². The second kappa shape index (κ2) is 5.44. The lowest BCUT2D eigenvalue weighted by Gasteiger charge is -2.07. The number of carboxylic acids is 1. The Hall–Kier alpha value is -2.55. The summed E-state index contributed by atoms with van der Waals surface area (Å²) >= 11 is 0. The van der Waals surface area contributed by atoms with Gasteiger partial charge >= 0.3 is 5.97 Å². The lowest BCUT2D eigenvalue weighted by molar-refractivity contribution is -0.137. The molecule has 0 aliphatic carbocycles. The molecular weight excluding hydrogens is 298 g/mol. The summed E-state index contributed by atoms with van der Waals surface area (Å²) in [4.78, 5) is 10.4. The highest BCUT2D eigenvalue weighted by Gasteiger charge is 2.17. The number of carboxylic acid groups (broad SMARTS) is 1. The molecule has 1 aromatic heterocycles. The third kappa shape index (κ3) is 3.51. The summed E-state index contributed by atoms with van der Waals surface area (Å²) < 4.78 is 27.5. The summed E-state index contributed by atoms with van der Waals surface area (Å²) in [7, 11) is -3.90. The van der Waals surface area contributed by atoms with Gasteiger partial charge in [0.15, 0.2) is 0 Å². The Balaban J connectivity index is 2.23. The number of aryl methyl sites for hydroxylation is 1. The van der Waals surface area contributed by atoms with Crippen molar-refractivity contribution in [2.75, 3.05) is 4.72 Å². The number of hydrogen-bond acceptors (Lipinski definition) is 5. The van der Waals surface area contributed by atoms with Gasteiger partial charge in [-0.1, -0.05) is 6.07 Å². The molecule has 0 bridgehead atoms. The molecule has 2 rings (SSSR count). The smallest absolute Gasteiger partial charge is 0.325 e. The van der Waals surface area contributed by atoms with Crippen molar-refractivity contribution < 1.29 is 23.4 Å². The molecule has 0 atom stereocenters. The average Bonchev–Trinajstić information content (AvgIpc) is 2.82. The molecule has 0 saturated heterocycles. The highest BCUT2D eigenvalue weighted by Crippen LogP contribution is 2.23. The summed E-state index contributed by atoms with van der Waals surface area (Å²) in [6.07, 6.45) is 2.17. The number of rotatable bonds is 5. The maximum Gasteiger partial charge on any atom is 0.325 e. The van der Waals surface area contributed by atoms with E-state index in [4.69, 9.17) is 5.11 Å². The number of aromatic nitrogens is 2. The van der Waals surface area contributed by atoms with E-state index in [2.05, 4.69) is 9.82 Å². The first kappa shape index (κ1) is 14.9. The number of hydrogen-bond donors (Lipinski definition) is 3. The topological polar surface area (TPSA) is 122 Å². The van der Waals surface area contributed by atoms with E-state index in [-0.39, 0.29) is 16.3 Å². The van der Waals surface area contributed by atoms with Crippen molar-refractivity contribution in [1.29, 1.82) is 0 Å². The Morgan fingerprint density at radius 3 is 2.76 bits per heavy atom. The molecule has 112 valence electrons. The molecule has 21 heavy (non-hydrogen) atoms. The molecule has 1 heterocycles. The molecule has 0 fully saturated rings. The van der Waals surface area contributed by atoms with Gasteiger partial charge in [-0.3, -0.25) is 14.2 Å². The minimum Gasteiger partial charge on any atom is -0.508 e. The molecule has 0 saturated carbocycles. The summed E-state index contributed by atoms with van der Waals surface area (Å²) in [5, 5.41) is 21.8. The predicted molar refractivity (Wildman–Crippen MR) is 73.5 cm³/mol. The Morgan fingerprint density at radius 2 is 2.14 bits per heavy atom. The Labute approximate surface area is 120 Å². The summed E-state index contributed by atoms with van der Waals surface area (Å²) in [6.45, 7) is 1.25. The summed E-state index contributed by atoms with van der Waals surface area (Å²) in [6, 6.07) is 4.36. The van der Waals surface area contributed by atoms with Crippen LogP contribution in [0.3, 0.4) is 0 Å². The highest BCUT2D eigenvalue weighted by molar-refractivity contribution is 7.92. The van der Waals surface area contributed by atoms with Gasteiger partial charge in [-0.05, 0) is 18.6 Å². The van der Waals surface area contributed by atoms with Gasteiger partial charge in [-0.2, -0.15) is 5.10 Å². The van der Waals surface area contributed by atoms with E-state index in [0.717, 1.165) is 17.1 Å². The Morgan fingerprint density at radius 1 is 1.43 bits per heavy atom. The second-order valence-electron chi connectivity index (χ2n) is 4.37. The third-order valence-electron chi connectivity index (χ3n) is 2.68. The van der Waals surface area contributed by atoms with Gasteiger partial charge in [0, 0.05) is 12.3 Å². The minimum atomic E-state index is -3.90. The zero-order valence-corrected chi connectivity index (χ0v) is 11.8. The van der Waals surface area contributed by atoms with Crippen LogP contribution in [0, 0.1) is 6.92 Å². The minimum absolute atomic E-state index is 0.0308. The quantitative estimate of drug-likeness (QED) is 0.750. The zero-order chi connectivity index (χ0) is 15.6. The molecule has 0 aliphatic heterocycles. The highest BCUT2D eigenvalue weighted by atomic mass is 32.2. The number of nitrogens with zero attached hydrogens (tertiary/aromatic N) is 2. The van der Waals surface area contributed by atoms with E-state index in [0.29, 0.717) is 5.56 Å². The monoisotopic (exact) mass is 311 g/mol. The first-order valence-corrected chi connectivity index (χ1v) is 7.33. The van der Waals surface area contributed by atoms with Gasteiger partial charge in [0.2, 0.25) is 0 Å². The van der Waals surface area contributed by atoms with Crippen molar-refractivity contribution in [3.05, 3.63) is 36.2 Å². The summed E-state index contributed by atoms with van der Waals surface area (Å²) in [5.74, 6) is -1.16. The molecular formula is C12H13N3O5S. The predicted octanol–water partition coefficient (Wildman–Crippen LogP) is 0.783. The van der Waals surface area contributed by atoms with Crippen LogP contribution in [0.4, 0.5) is 5.69 Å². The van der Waals surface area contributed by atoms with Crippen LogP contribution in [0.5, 0.6) is 5.75 Å². The van der Waals surface area contributed by atoms with Crippen LogP contribution < -0.4 is 4.72 Å². The molecule has 0 radical (unpaired) electrons. The lowest BCUT2D eigenvalue weighted by atomic mass is 10.2. The number of aliphatic carboxylic acids is 1. The molecule has 3 N–H and O–H groups in total. The standard InChI is InChI=1S/C12H13N3O5S/c1-8-2-3-9(4-11(8)16)14-21(19,20)10-5-13-15(6-10)7-12(17)18/h2-6,14,16H,7H2,1H3,(H,17,18). The molecule has 8 nitrogen and oxygen atoms in total. The van der Waals surface area contributed by atoms with Crippen molar-refractivity contribution in [2.24, 2.45) is 0 Å². The van der Waals surface area contributed by atoms with Crippen LogP contribution in [-0.2, 0) is 21.4 Å². The zero-order valence-electron chi connectivity index (χ0n) is 11.0. The SMILES string of the molecule is Cc1ccc(NS(=O)(=O)c2cnn(CC(=O)O)c2)cc1O. The molecule has 1 aromatic carbocycles. The van der Waals surface area contributed by atoms with Gasteiger partial charge in [0.05, 0.1) is 11.9 Å². The molecule has 9 heteroatoms. The fourth-order valence-corrected chi connectivity index (χ4v) is 2.60. The van der Waals surface area contributed by atoms with Crippen molar-refractivity contribution in [3.8, 4) is 5.75 Å². The molecule has 0 amide bonds. The fraction of sp³-hybridized carbons (Fsp3) is 0.167. The normalized spacial score (nSPS) is 11.3. The maximum absolute atomic E-state index is 12.1. The van der Waals surface area contributed by atoms with E-state index in [1.807, 2.05) is 0 Å². The van der Waals surface area contributed by atoms with Crippen molar-refractivity contribution in [2.45, 2.75) is 18.4 Å². The molecule has 0 aliphatic rings. The van der Waals surface area contributed by atoms with Gasteiger partial charge in [-0.25, -0.2) is 8.42 Å². The Bertz CT molecular complexity index is 782. The second-order valence-corrected chi connectivity index (χ2v) is 6.06. The van der Waals surface area contributed by atoms with Gasteiger partial charge in [-0.15, -0.1) is 0 Å². The van der Waals surface area contributed by atoms with E-state index in [9.17, 15) is 18.3 Å². The van der Waals surface area contributed by atoms with E-state index in [1.165, 1.54) is 12.1 Å². The number of phenols is 1. The number of sulfonamides is 1. The van der Waals surface area contributed by atoms with Crippen LogP contribution >= 0.6 is 0 Å². The van der Waals surface area contributed by atoms with E-state index >= 15 is 0 Å². The van der Waals surface area contributed by atoms with Crippen molar-refractivity contribution >= 4 is 21.7 Å². The first-order valence-electron chi connectivity index (χ1n) is 5.84. The fourth-order valence-electron chi connectivity index (χ4n) is 1.60. The largest absolute Gasteiger partial charge is 0.508 e. The van der Waals surface area contributed by atoms with Crippen LogP contribution in [0.15, 0.2) is 35.5 Å². The van der Waals surface area contributed by atoms with Crippen LogP contribution in [0.25, 0.3) is 0 Å². The van der Waals surface area contributed by atoms with Gasteiger partial charge < -0.3 is 10.2 Å². The average molecular weight is 311 g/mol. The number of carbonyl (C=O) groups is 1. The van der Waals surface area contributed by atoms with Crippen molar-refractivity contribution in [1.82, 2.24) is 9.78 Å². The first-order chi connectivity index (χ1) is 9.78. The maximum atomic E-state index is 12.1. The lowest BCUT2D eigenvalue weighted by Crippen LogP contribution is -2.13. The van der Waals surface area contributed by atoms with Crippen LogP contribution in [0.2, 0.25) is 0 Å². The number of benzene rings is 1. The number of anilines is 1. The third-order valence-corrected chi connectivity index (χ3v) is 4.01. The van der Waals surface area contributed by atoms with Crippen LogP contribution in [0.1, 0.15) is 5.56 Å². The van der Waals surface area contributed by atoms with Crippen LogP contribution in [-0.4, -0.2) is 34.4 Å². The number of nitrogens with one attached hydrogen (secondary N) is 1. The number of aromatic hydroxyl groups is 1. The van der Waals surface area contributed by atoms with Gasteiger partial charge in [0.1, 0.15) is 17.2 Å². The van der Waals surface area contributed by atoms with Crippen molar-refractivity contribution in [3.63, 3.8) is 0 Å².